The molecule has 2 rings (SSSR count). The van der Waals surface area contributed by atoms with Gasteiger partial charge in [0.05, 0.1) is 6.04 Å². The second-order valence-electron chi connectivity index (χ2n) is 6.60. The minimum Gasteiger partial charge on any atom is -0.481 e. The molecule has 2 atom stereocenters. The van der Waals surface area contributed by atoms with Crippen LogP contribution in [0.4, 0.5) is 0 Å². The average Bonchev–Trinajstić information content (AvgIpc) is 2.53. The zero-order valence-electron chi connectivity index (χ0n) is 15.4. The Morgan fingerprint density at radius 2 is 1.58 bits per heavy atom. The van der Waals surface area contributed by atoms with E-state index in [-0.39, 0.29) is 11.9 Å². The molecule has 0 saturated carbocycles. The number of carbonyl (C=O) groups excluding carboxylic acids is 1. The number of carbonyl (C=O) groups is 1. The van der Waals surface area contributed by atoms with Crippen LogP contribution in [0.25, 0.3) is 0 Å². The molecule has 0 aromatic heterocycles. The van der Waals surface area contributed by atoms with Crippen LogP contribution in [0, 0.1) is 27.7 Å². The molecule has 2 aromatic carbocycles. The zero-order chi connectivity index (χ0) is 17.9. The first-order valence-electron chi connectivity index (χ1n) is 8.39. The lowest BCUT2D eigenvalue weighted by atomic mass is 10.0. The van der Waals surface area contributed by atoms with Crippen LogP contribution in [0.3, 0.4) is 0 Å². The van der Waals surface area contributed by atoms with Crippen molar-refractivity contribution >= 4 is 5.91 Å². The fraction of sp³-hybridized carbons (Fsp3) is 0.381. The van der Waals surface area contributed by atoms with Gasteiger partial charge in [-0.15, -0.1) is 0 Å². The van der Waals surface area contributed by atoms with Gasteiger partial charge in [-0.2, -0.15) is 0 Å². The molecule has 0 saturated heterocycles. The maximum absolute atomic E-state index is 12.4. The van der Waals surface area contributed by atoms with E-state index in [2.05, 4.69) is 37.4 Å². The second kappa shape index (κ2) is 7.52. The van der Waals surface area contributed by atoms with Crippen molar-refractivity contribution in [3.63, 3.8) is 0 Å². The third-order valence-electron chi connectivity index (χ3n) is 4.41. The molecular weight excluding hydrogens is 298 g/mol. The van der Waals surface area contributed by atoms with E-state index in [1.807, 2.05) is 39.0 Å². The SMILES string of the molecule is Cc1ccc(C)c(O[C@@H](C)C(=O)N[C@@H](C)c2ccc(C)c(C)c2)c1. The number of amides is 1. The van der Waals surface area contributed by atoms with E-state index >= 15 is 0 Å². The predicted octanol–water partition coefficient (Wildman–Crippen LogP) is 4.56. The molecule has 0 aliphatic rings. The molecule has 2 aromatic rings. The molecule has 3 nitrogen and oxygen atoms in total. The summed E-state index contributed by atoms with van der Waals surface area (Å²) in [5.74, 6) is 0.651. The standard InChI is InChI=1S/C21H27NO2/c1-13-7-8-15(3)20(11-13)24-18(6)21(23)22-17(5)19-10-9-14(2)16(4)12-19/h7-12,17-18H,1-6H3,(H,22,23)/t17-,18-/m0/s1. The van der Waals surface area contributed by atoms with Crippen LogP contribution in [-0.4, -0.2) is 12.0 Å². The molecule has 0 heterocycles. The van der Waals surface area contributed by atoms with E-state index in [1.165, 1.54) is 11.1 Å². The normalized spacial score (nSPS) is 13.2. The van der Waals surface area contributed by atoms with Gasteiger partial charge in [-0.05, 0) is 75.4 Å². The minimum absolute atomic E-state index is 0.0542. The molecule has 1 N–H and O–H groups in total. The Morgan fingerprint density at radius 3 is 2.25 bits per heavy atom. The molecule has 0 aliphatic carbocycles. The van der Waals surface area contributed by atoms with Gasteiger partial charge in [-0.25, -0.2) is 0 Å². The van der Waals surface area contributed by atoms with Crippen molar-refractivity contribution in [2.24, 2.45) is 0 Å². The summed E-state index contributed by atoms with van der Waals surface area (Å²) in [5, 5.41) is 3.03. The first kappa shape index (κ1) is 18.1. The Hall–Kier alpha value is -2.29. The van der Waals surface area contributed by atoms with Crippen LogP contribution in [-0.2, 0) is 4.79 Å². The number of hydrogen-bond acceptors (Lipinski definition) is 2. The highest BCUT2D eigenvalue weighted by Gasteiger charge is 2.18. The van der Waals surface area contributed by atoms with Crippen molar-refractivity contribution < 1.29 is 9.53 Å². The van der Waals surface area contributed by atoms with Gasteiger partial charge in [-0.1, -0.05) is 30.3 Å². The quantitative estimate of drug-likeness (QED) is 0.875. The van der Waals surface area contributed by atoms with Gasteiger partial charge in [0.25, 0.3) is 5.91 Å². The summed E-state index contributed by atoms with van der Waals surface area (Å²) < 4.78 is 5.86. The predicted molar refractivity (Wildman–Crippen MR) is 98.5 cm³/mol. The minimum atomic E-state index is -0.542. The smallest absolute Gasteiger partial charge is 0.261 e. The number of nitrogens with one attached hydrogen (secondary N) is 1. The van der Waals surface area contributed by atoms with E-state index in [0.717, 1.165) is 22.4 Å². The molecule has 0 radical (unpaired) electrons. The molecule has 0 spiro atoms. The first-order chi connectivity index (χ1) is 11.3. The van der Waals surface area contributed by atoms with Crippen molar-refractivity contribution in [1.29, 1.82) is 0 Å². The van der Waals surface area contributed by atoms with Crippen LogP contribution in [0.5, 0.6) is 5.75 Å². The van der Waals surface area contributed by atoms with Crippen molar-refractivity contribution in [1.82, 2.24) is 5.32 Å². The Bertz CT molecular complexity index is 737. The summed E-state index contributed by atoms with van der Waals surface area (Å²) in [7, 11) is 0. The first-order valence-corrected chi connectivity index (χ1v) is 8.39. The topological polar surface area (TPSA) is 38.3 Å². The van der Waals surface area contributed by atoms with Gasteiger partial charge in [-0.3, -0.25) is 4.79 Å². The molecule has 24 heavy (non-hydrogen) atoms. The molecule has 0 bridgehead atoms. The molecular formula is C21H27NO2. The van der Waals surface area contributed by atoms with Gasteiger partial charge >= 0.3 is 0 Å². The average molecular weight is 325 g/mol. The lowest BCUT2D eigenvalue weighted by molar-refractivity contribution is -0.127. The number of hydrogen-bond donors (Lipinski definition) is 1. The van der Waals surface area contributed by atoms with Crippen molar-refractivity contribution in [2.45, 2.75) is 53.7 Å². The molecule has 128 valence electrons. The third-order valence-corrected chi connectivity index (χ3v) is 4.41. The highest BCUT2D eigenvalue weighted by Crippen LogP contribution is 2.21. The number of ether oxygens (including phenoxy) is 1. The van der Waals surface area contributed by atoms with E-state index in [4.69, 9.17) is 4.74 Å². The lowest BCUT2D eigenvalue weighted by Crippen LogP contribution is -2.37. The van der Waals surface area contributed by atoms with E-state index in [9.17, 15) is 4.79 Å². The monoisotopic (exact) mass is 325 g/mol. The highest BCUT2D eigenvalue weighted by atomic mass is 16.5. The van der Waals surface area contributed by atoms with E-state index in [0.29, 0.717) is 0 Å². The Morgan fingerprint density at radius 1 is 0.917 bits per heavy atom. The van der Waals surface area contributed by atoms with Crippen LogP contribution in [0.15, 0.2) is 36.4 Å². The second-order valence-corrected chi connectivity index (χ2v) is 6.60. The van der Waals surface area contributed by atoms with Crippen molar-refractivity contribution in [3.05, 3.63) is 64.2 Å². The van der Waals surface area contributed by atoms with Crippen molar-refractivity contribution in [3.8, 4) is 5.75 Å². The van der Waals surface area contributed by atoms with Gasteiger partial charge in [0, 0.05) is 0 Å². The highest BCUT2D eigenvalue weighted by molar-refractivity contribution is 5.81. The van der Waals surface area contributed by atoms with Gasteiger partial charge in [0.2, 0.25) is 0 Å². The zero-order valence-corrected chi connectivity index (χ0v) is 15.4. The summed E-state index contributed by atoms with van der Waals surface area (Å²) in [6.07, 6.45) is -0.542. The van der Waals surface area contributed by atoms with Crippen molar-refractivity contribution in [2.75, 3.05) is 0 Å². The number of rotatable bonds is 5. The van der Waals surface area contributed by atoms with Gasteiger partial charge < -0.3 is 10.1 Å². The summed E-state index contributed by atoms with van der Waals surface area (Å²) in [4.78, 5) is 12.4. The maximum Gasteiger partial charge on any atom is 0.261 e. The fourth-order valence-corrected chi connectivity index (χ4v) is 2.53. The van der Waals surface area contributed by atoms with Gasteiger partial charge in [0.15, 0.2) is 6.10 Å². The van der Waals surface area contributed by atoms with E-state index < -0.39 is 6.10 Å². The lowest BCUT2D eigenvalue weighted by Gasteiger charge is -2.20. The molecule has 0 fully saturated rings. The summed E-state index contributed by atoms with van der Waals surface area (Å²) in [5.41, 5.74) is 5.73. The summed E-state index contributed by atoms with van der Waals surface area (Å²) in [6.45, 7) is 11.9. The number of benzene rings is 2. The largest absolute Gasteiger partial charge is 0.481 e. The summed E-state index contributed by atoms with van der Waals surface area (Å²) in [6, 6.07) is 12.2. The molecule has 3 heteroatoms. The van der Waals surface area contributed by atoms with Crippen LogP contribution in [0.1, 0.15) is 47.7 Å². The van der Waals surface area contributed by atoms with Crippen LogP contribution < -0.4 is 10.1 Å². The van der Waals surface area contributed by atoms with E-state index in [1.54, 1.807) is 6.92 Å². The molecule has 0 unspecified atom stereocenters. The Labute approximate surface area is 145 Å². The van der Waals surface area contributed by atoms with Crippen LogP contribution in [0.2, 0.25) is 0 Å². The van der Waals surface area contributed by atoms with Gasteiger partial charge in [0.1, 0.15) is 5.75 Å². The molecule has 1 amide bonds. The van der Waals surface area contributed by atoms with Crippen LogP contribution >= 0.6 is 0 Å². The number of aryl methyl sites for hydroxylation is 4. The maximum atomic E-state index is 12.4. The Kier molecular flexibility index (Phi) is 5.66. The fourth-order valence-electron chi connectivity index (χ4n) is 2.53. The third kappa shape index (κ3) is 4.38. The summed E-state index contributed by atoms with van der Waals surface area (Å²) >= 11 is 0. The Balaban J connectivity index is 2.02. The molecule has 0 aliphatic heterocycles.